The van der Waals surface area contributed by atoms with E-state index in [1.807, 2.05) is 19.2 Å². The molecule has 1 amide bonds. The summed E-state index contributed by atoms with van der Waals surface area (Å²) >= 11 is 13.8. The predicted octanol–water partition coefficient (Wildman–Crippen LogP) is 4.97. The third-order valence-corrected chi connectivity index (χ3v) is 5.47. The van der Waals surface area contributed by atoms with Gasteiger partial charge in [-0.05, 0) is 25.0 Å². The number of carbonyl (C=O) groups excluding carboxylic acids is 1. The van der Waals surface area contributed by atoms with Gasteiger partial charge >= 0.3 is 0 Å². The highest BCUT2D eigenvalue weighted by Gasteiger charge is 2.25. The Morgan fingerprint density at radius 3 is 2.50 bits per heavy atom. The molecule has 0 saturated heterocycles. The molecule has 0 aliphatic rings. The molecule has 3 nitrogen and oxygen atoms in total. The number of carbonyl (C=O) groups is 1. The second-order valence-electron chi connectivity index (χ2n) is 5.40. The highest BCUT2D eigenvalue weighted by atomic mass is 35.5. The number of hydrogen-bond donors (Lipinski definition) is 1. The predicted molar refractivity (Wildman–Crippen MR) is 102 cm³/mol. The van der Waals surface area contributed by atoms with Crippen LogP contribution in [0.5, 0.6) is 0 Å². The van der Waals surface area contributed by atoms with Crippen LogP contribution in [0.2, 0.25) is 10.0 Å². The average Bonchev–Trinajstić information content (AvgIpc) is 3.00. The van der Waals surface area contributed by atoms with Gasteiger partial charge in [-0.25, -0.2) is 4.98 Å². The lowest BCUT2D eigenvalue weighted by atomic mass is 9.93. The maximum atomic E-state index is 12.3. The van der Waals surface area contributed by atoms with Gasteiger partial charge in [0.1, 0.15) is 10.5 Å². The molecule has 0 bridgehead atoms. The third-order valence-electron chi connectivity index (χ3n) is 3.93. The monoisotopic (exact) mass is 380 g/mol. The van der Waals surface area contributed by atoms with Crippen molar-refractivity contribution in [3.8, 4) is 22.9 Å². The van der Waals surface area contributed by atoms with Gasteiger partial charge in [-0.1, -0.05) is 49.0 Å². The number of thiazole rings is 1. The van der Waals surface area contributed by atoms with Gasteiger partial charge in [0.05, 0.1) is 22.2 Å². The topological polar surface area (TPSA) is 42.0 Å². The van der Waals surface area contributed by atoms with E-state index < -0.39 is 5.54 Å². The van der Waals surface area contributed by atoms with Crippen LogP contribution in [0.25, 0.3) is 10.6 Å². The van der Waals surface area contributed by atoms with Crippen LogP contribution in [0.1, 0.15) is 32.4 Å². The summed E-state index contributed by atoms with van der Waals surface area (Å²) in [7, 11) is 0. The molecule has 2 rings (SSSR count). The first-order chi connectivity index (χ1) is 11.4. The molecule has 126 valence electrons. The summed E-state index contributed by atoms with van der Waals surface area (Å²) in [6.07, 6.45) is 7.11. The molecule has 0 spiro atoms. The van der Waals surface area contributed by atoms with Crippen molar-refractivity contribution in [2.45, 2.75) is 38.6 Å². The fourth-order valence-corrected chi connectivity index (χ4v) is 3.93. The SMILES string of the molecule is C#CC(CC)(CC)NC(=O)Cc1csc(-c2c(Cl)cccc2Cl)n1. The van der Waals surface area contributed by atoms with E-state index in [4.69, 9.17) is 29.6 Å². The summed E-state index contributed by atoms with van der Waals surface area (Å²) in [5, 5.41) is 6.55. The van der Waals surface area contributed by atoms with Crippen molar-refractivity contribution in [1.82, 2.24) is 10.3 Å². The number of halogens is 2. The fourth-order valence-electron chi connectivity index (χ4n) is 2.35. The van der Waals surface area contributed by atoms with Crippen LogP contribution in [-0.4, -0.2) is 16.4 Å². The summed E-state index contributed by atoms with van der Waals surface area (Å²) in [6.45, 7) is 3.92. The number of terminal acetylenes is 1. The zero-order valence-corrected chi connectivity index (χ0v) is 15.9. The summed E-state index contributed by atoms with van der Waals surface area (Å²) in [5.41, 5.74) is 0.765. The smallest absolute Gasteiger partial charge is 0.227 e. The third kappa shape index (κ3) is 4.10. The van der Waals surface area contributed by atoms with Crippen molar-refractivity contribution < 1.29 is 4.79 Å². The summed E-state index contributed by atoms with van der Waals surface area (Å²) in [5.74, 6) is 2.55. The molecule has 0 aliphatic carbocycles. The number of amides is 1. The molecule has 2 aromatic rings. The molecule has 0 atom stereocenters. The number of hydrogen-bond acceptors (Lipinski definition) is 3. The number of rotatable bonds is 6. The maximum absolute atomic E-state index is 12.3. The summed E-state index contributed by atoms with van der Waals surface area (Å²) < 4.78 is 0. The number of nitrogens with zero attached hydrogens (tertiary/aromatic N) is 1. The van der Waals surface area contributed by atoms with Crippen molar-refractivity contribution in [3.63, 3.8) is 0 Å². The van der Waals surface area contributed by atoms with E-state index in [2.05, 4.69) is 16.2 Å². The molecule has 1 aromatic heterocycles. The zero-order valence-electron chi connectivity index (χ0n) is 13.5. The molecule has 1 aromatic carbocycles. The van der Waals surface area contributed by atoms with Crippen LogP contribution >= 0.6 is 34.5 Å². The Kier molecular flexibility index (Phi) is 6.28. The fraction of sp³-hybridized carbons (Fsp3) is 0.333. The van der Waals surface area contributed by atoms with Crippen molar-refractivity contribution in [2.24, 2.45) is 0 Å². The largest absolute Gasteiger partial charge is 0.339 e. The number of aromatic nitrogens is 1. The van der Waals surface area contributed by atoms with Gasteiger partial charge in [-0.3, -0.25) is 4.79 Å². The molecule has 0 fully saturated rings. The molecule has 0 unspecified atom stereocenters. The molecule has 0 aliphatic heterocycles. The quantitative estimate of drug-likeness (QED) is 0.718. The lowest BCUT2D eigenvalue weighted by Crippen LogP contribution is -2.47. The molecule has 6 heteroatoms. The van der Waals surface area contributed by atoms with E-state index in [1.54, 1.807) is 18.2 Å². The van der Waals surface area contributed by atoms with Gasteiger partial charge in [0.25, 0.3) is 0 Å². The Balaban J connectivity index is 2.15. The van der Waals surface area contributed by atoms with E-state index >= 15 is 0 Å². The first kappa shape index (κ1) is 18.8. The van der Waals surface area contributed by atoms with E-state index in [-0.39, 0.29) is 12.3 Å². The van der Waals surface area contributed by atoms with Crippen LogP contribution in [0, 0.1) is 12.3 Å². The van der Waals surface area contributed by atoms with Gasteiger partial charge in [0.2, 0.25) is 5.91 Å². The van der Waals surface area contributed by atoms with Gasteiger partial charge in [-0.2, -0.15) is 0 Å². The van der Waals surface area contributed by atoms with Crippen LogP contribution < -0.4 is 5.32 Å². The average molecular weight is 381 g/mol. The van der Waals surface area contributed by atoms with Gasteiger partial charge in [-0.15, -0.1) is 17.8 Å². The zero-order chi connectivity index (χ0) is 17.7. The van der Waals surface area contributed by atoms with E-state index in [0.717, 1.165) is 0 Å². The van der Waals surface area contributed by atoms with Crippen LogP contribution in [0.4, 0.5) is 0 Å². The van der Waals surface area contributed by atoms with E-state index in [0.29, 0.717) is 39.2 Å². The molecule has 24 heavy (non-hydrogen) atoms. The van der Waals surface area contributed by atoms with E-state index in [9.17, 15) is 4.79 Å². The Morgan fingerprint density at radius 1 is 1.33 bits per heavy atom. The van der Waals surface area contributed by atoms with Crippen molar-refractivity contribution >= 4 is 40.4 Å². The second-order valence-corrected chi connectivity index (χ2v) is 7.07. The van der Waals surface area contributed by atoms with Crippen molar-refractivity contribution in [1.29, 1.82) is 0 Å². The normalized spacial score (nSPS) is 11.1. The standard InChI is InChI=1S/C18H18Cl2N2OS/c1-4-18(5-2,6-3)22-15(23)10-12-11-24-17(21-12)16-13(19)8-7-9-14(16)20/h1,7-9,11H,5-6,10H2,2-3H3,(H,22,23). The molecule has 1 heterocycles. The molecular formula is C18H18Cl2N2OS. The second kappa shape index (κ2) is 8.02. The Hall–Kier alpha value is -1.54. The molecule has 0 saturated carbocycles. The van der Waals surface area contributed by atoms with Crippen molar-refractivity contribution in [2.75, 3.05) is 0 Å². The minimum atomic E-state index is -0.595. The Morgan fingerprint density at radius 2 is 1.96 bits per heavy atom. The first-order valence-electron chi connectivity index (χ1n) is 7.62. The first-order valence-corrected chi connectivity index (χ1v) is 9.25. The molecule has 0 radical (unpaired) electrons. The lowest BCUT2D eigenvalue weighted by Gasteiger charge is -2.26. The Labute approximate surface area is 156 Å². The highest BCUT2D eigenvalue weighted by Crippen LogP contribution is 2.36. The molecular weight excluding hydrogens is 363 g/mol. The van der Waals surface area contributed by atoms with Crippen LogP contribution in [0.15, 0.2) is 23.6 Å². The number of nitrogens with one attached hydrogen (secondary N) is 1. The number of benzene rings is 1. The minimum Gasteiger partial charge on any atom is -0.339 e. The van der Waals surface area contributed by atoms with Gasteiger partial charge in [0, 0.05) is 10.9 Å². The summed E-state index contributed by atoms with van der Waals surface area (Å²) in [6, 6.07) is 5.31. The van der Waals surface area contributed by atoms with E-state index in [1.165, 1.54) is 11.3 Å². The molecule has 1 N–H and O–H groups in total. The van der Waals surface area contributed by atoms with Crippen LogP contribution in [0.3, 0.4) is 0 Å². The highest BCUT2D eigenvalue weighted by molar-refractivity contribution is 7.13. The van der Waals surface area contributed by atoms with Crippen molar-refractivity contribution in [3.05, 3.63) is 39.3 Å². The summed E-state index contributed by atoms with van der Waals surface area (Å²) in [4.78, 5) is 16.8. The van der Waals surface area contributed by atoms with Crippen LogP contribution in [-0.2, 0) is 11.2 Å². The maximum Gasteiger partial charge on any atom is 0.227 e. The Bertz CT molecular complexity index is 755. The lowest BCUT2D eigenvalue weighted by molar-refractivity contribution is -0.121. The van der Waals surface area contributed by atoms with Gasteiger partial charge in [0.15, 0.2) is 0 Å². The van der Waals surface area contributed by atoms with Gasteiger partial charge < -0.3 is 5.32 Å². The minimum absolute atomic E-state index is 0.140.